The maximum absolute atomic E-state index is 6.50. The highest BCUT2D eigenvalue weighted by Crippen LogP contribution is 2.40. The van der Waals surface area contributed by atoms with Crippen molar-refractivity contribution < 1.29 is 9.47 Å². The van der Waals surface area contributed by atoms with Gasteiger partial charge in [0.05, 0.1) is 6.04 Å². The number of halogens is 2. The summed E-state index contributed by atoms with van der Waals surface area (Å²) in [5.74, 6) is 2.48. The Balaban J connectivity index is 1.57. The number of aryl methyl sites for hydroxylation is 2. The molecule has 2 aromatic carbocycles. The molecule has 0 saturated carbocycles. The number of nitrogens with zero attached hydrogens (tertiary/aromatic N) is 3. The molecular weight excluding hydrogens is 435 g/mol. The van der Waals surface area contributed by atoms with Gasteiger partial charge in [0.25, 0.3) is 0 Å². The number of rotatable bonds is 8. The lowest BCUT2D eigenvalue weighted by Gasteiger charge is -2.23. The first kappa shape index (κ1) is 22.1. The normalized spacial score (nSPS) is 17.7. The van der Waals surface area contributed by atoms with Crippen molar-refractivity contribution in [2.75, 3.05) is 20.3 Å². The van der Waals surface area contributed by atoms with Crippen LogP contribution >= 0.6 is 23.2 Å². The number of hydrogen-bond donors (Lipinski definition) is 1. The summed E-state index contributed by atoms with van der Waals surface area (Å²) in [7, 11) is 1.71. The van der Waals surface area contributed by atoms with Crippen LogP contribution in [0.5, 0.6) is 5.75 Å². The summed E-state index contributed by atoms with van der Waals surface area (Å²) in [6.07, 6.45) is 1.54. The van der Waals surface area contributed by atoms with Crippen molar-refractivity contribution in [3.05, 3.63) is 69.2 Å². The minimum absolute atomic E-state index is 0.102. The van der Waals surface area contributed by atoms with Crippen LogP contribution in [0.2, 0.25) is 10.0 Å². The van der Waals surface area contributed by atoms with Gasteiger partial charge in [-0.3, -0.25) is 4.57 Å². The maximum Gasteiger partial charge on any atom is 0.140 e. The smallest absolute Gasteiger partial charge is 0.140 e. The molecule has 0 spiro atoms. The van der Waals surface area contributed by atoms with E-state index in [4.69, 9.17) is 32.7 Å². The molecule has 0 amide bonds. The maximum atomic E-state index is 6.50. The van der Waals surface area contributed by atoms with Crippen LogP contribution < -0.4 is 10.1 Å². The molecule has 1 heterocycles. The fraction of sp³-hybridized carbons (Fsp3) is 0.391. The topological polar surface area (TPSA) is 61.2 Å². The zero-order valence-electron chi connectivity index (χ0n) is 17.9. The third-order valence-electron chi connectivity index (χ3n) is 5.57. The highest BCUT2D eigenvalue weighted by molar-refractivity contribution is 6.35. The van der Waals surface area contributed by atoms with Crippen LogP contribution in [-0.2, 0) is 11.2 Å². The molecule has 0 fully saturated rings. The molecule has 0 unspecified atom stereocenters. The molecule has 1 aliphatic rings. The SMILES string of the molecule is COCCCN[C@H]1Cc2c(Cl)cc(Cl)cc2[C@@H]1Oc1ccc(-n2c(C)nnc2C)cc1. The summed E-state index contributed by atoms with van der Waals surface area (Å²) >= 11 is 12.8. The van der Waals surface area contributed by atoms with Gasteiger partial charge in [0.15, 0.2) is 0 Å². The van der Waals surface area contributed by atoms with Gasteiger partial charge in [-0.1, -0.05) is 23.2 Å². The van der Waals surface area contributed by atoms with Crippen LogP contribution in [0.4, 0.5) is 0 Å². The van der Waals surface area contributed by atoms with Gasteiger partial charge in [-0.05, 0) is 75.2 Å². The van der Waals surface area contributed by atoms with Gasteiger partial charge in [-0.2, -0.15) is 0 Å². The molecule has 1 aromatic heterocycles. The van der Waals surface area contributed by atoms with Crippen molar-refractivity contribution in [3.63, 3.8) is 0 Å². The van der Waals surface area contributed by atoms with E-state index in [1.54, 1.807) is 13.2 Å². The van der Waals surface area contributed by atoms with E-state index in [-0.39, 0.29) is 12.1 Å². The summed E-state index contributed by atoms with van der Waals surface area (Å²) in [6.45, 7) is 5.43. The molecule has 0 radical (unpaired) electrons. The summed E-state index contributed by atoms with van der Waals surface area (Å²) in [4.78, 5) is 0. The number of benzene rings is 2. The predicted octanol–water partition coefficient (Wildman–Crippen LogP) is 4.86. The van der Waals surface area contributed by atoms with E-state index in [1.165, 1.54) is 0 Å². The van der Waals surface area contributed by atoms with E-state index in [0.717, 1.165) is 53.6 Å². The quantitative estimate of drug-likeness (QED) is 0.486. The van der Waals surface area contributed by atoms with E-state index in [1.807, 2.05) is 48.7 Å². The van der Waals surface area contributed by atoms with Crippen LogP contribution in [0.25, 0.3) is 5.69 Å². The van der Waals surface area contributed by atoms with Crippen molar-refractivity contribution >= 4 is 23.2 Å². The number of fused-ring (bicyclic) bond motifs is 1. The minimum Gasteiger partial charge on any atom is -0.484 e. The van der Waals surface area contributed by atoms with Gasteiger partial charge in [0.2, 0.25) is 0 Å². The van der Waals surface area contributed by atoms with E-state index in [0.29, 0.717) is 16.7 Å². The van der Waals surface area contributed by atoms with Gasteiger partial charge < -0.3 is 14.8 Å². The summed E-state index contributed by atoms with van der Waals surface area (Å²) in [5.41, 5.74) is 3.13. The minimum atomic E-state index is -0.182. The zero-order valence-corrected chi connectivity index (χ0v) is 19.4. The molecule has 2 atom stereocenters. The largest absolute Gasteiger partial charge is 0.484 e. The highest BCUT2D eigenvalue weighted by Gasteiger charge is 2.35. The molecule has 1 N–H and O–H groups in total. The van der Waals surface area contributed by atoms with Crippen LogP contribution in [0, 0.1) is 13.8 Å². The standard InChI is InChI=1S/C23H26Cl2N4O2/c1-14-27-28-15(2)29(14)17-5-7-18(8-6-17)31-23-20-11-16(24)12-21(25)19(20)13-22(23)26-9-4-10-30-3/h5-8,11-12,22-23,26H,4,9-10,13H2,1-3H3/t22-,23-/m0/s1. The number of ether oxygens (including phenoxy) is 2. The van der Waals surface area contributed by atoms with E-state index >= 15 is 0 Å². The van der Waals surface area contributed by atoms with E-state index in [2.05, 4.69) is 15.5 Å². The zero-order chi connectivity index (χ0) is 22.0. The second-order valence-electron chi connectivity index (χ2n) is 7.73. The molecule has 4 rings (SSSR count). The third kappa shape index (κ3) is 4.72. The first-order valence-electron chi connectivity index (χ1n) is 10.3. The Labute approximate surface area is 192 Å². The van der Waals surface area contributed by atoms with Crippen molar-refractivity contribution in [2.24, 2.45) is 0 Å². The molecule has 31 heavy (non-hydrogen) atoms. The number of aromatic nitrogens is 3. The van der Waals surface area contributed by atoms with Gasteiger partial charge in [0, 0.05) is 35.0 Å². The number of nitrogens with one attached hydrogen (secondary N) is 1. The van der Waals surface area contributed by atoms with Crippen molar-refractivity contribution in [2.45, 2.75) is 38.8 Å². The summed E-state index contributed by atoms with van der Waals surface area (Å²) in [6, 6.07) is 11.8. The monoisotopic (exact) mass is 460 g/mol. The average molecular weight is 461 g/mol. The van der Waals surface area contributed by atoms with Crippen LogP contribution in [-0.4, -0.2) is 41.1 Å². The lowest BCUT2D eigenvalue weighted by atomic mass is 10.1. The molecule has 0 bridgehead atoms. The molecule has 1 aliphatic carbocycles. The Hall–Kier alpha value is -2.12. The first-order valence-corrected chi connectivity index (χ1v) is 11.1. The Morgan fingerprint density at radius 3 is 2.48 bits per heavy atom. The van der Waals surface area contributed by atoms with E-state index in [9.17, 15) is 0 Å². The fourth-order valence-corrected chi connectivity index (χ4v) is 4.71. The molecule has 8 heteroatoms. The van der Waals surface area contributed by atoms with E-state index < -0.39 is 0 Å². The van der Waals surface area contributed by atoms with Gasteiger partial charge in [-0.25, -0.2) is 0 Å². The molecule has 0 aliphatic heterocycles. The molecule has 3 aromatic rings. The lowest BCUT2D eigenvalue weighted by Crippen LogP contribution is -2.36. The Bertz CT molecular complexity index is 1030. The second-order valence-corrected chi connectivity index (χ2v) is 8.57. The van der Waals surface area contributed by atoms with Gasteiger partial charge in [0.1, 0.15) is 23.5 Å². The van der Waals surface area contributed by atoms with Crippen molar-refractivity contribution in [3.8, 4) is 11.4 Å². The number of methoxy groups -OCH3 is 1. The molecular formula is C23H26Cl2N4O2. The van der Waals surface area contributed by atoms with Crippen molar-refractivity contribution in [1.82, 2.24) is 20.1 Å². The third-order valence-corrected chi connectivity index (χ3v) is 6.12. The number of hydrogen-bond acceptors (Lipinski definition) is 5. The predicted molar refractivity (Wildman–Crippen MR) is 123 cm³/mol. The fourth-order valence-electron chi connectivity index (χ4n) is 4.13. The molecule has 0 saturated heterocycles. The Morgan fingerprint density at radius 2 is 1.81 bits per heavy atom. The summed E-state index contributed by atoms with van der Waals surface area (Å²) in [5, 5.41) is 13.2. The first-order chi connectivity index (χ1) is 15.0. The molecule has 164 valence electrons. The lowest BCUT2D eigenvalue weighted by molar-refractivity contribution is 0.160. The Kier molecular flexibility index (Phi) is 6.82. The van der Waals surface area contributed by atoms with Crippen LogP contribution in [0.3, 0.4) is 0 Å². The van der Waals surface area contributed by atoms with Gasteiger partial charge >= 0.3 is 0 Å². The van der Waals surface area contributed by atoms with Gasteiger partial charge in [-0.15, -0.1) is 10.2 Å². The average Bonchev–Trinajstić information content (AvgIpc) is 3.26. The van der Waals surface area contributed by atoms with Crippen LogP contribution in [0.1, 0.15) is 35.3 Å². The Morgan fingerprint density at radius 1 is 1.10 bits per heavy atom. The molecule has 6 nitrogen and oxygen atoms in total. The van der Waals surface area contributed by atoms with Crippen LogP contribution in [0.15, 0.2) is 36.4 Å². The highest BCUT2D eigenvalue weighted by atomic mass is 35.5. The second kappa shape index (κ2) is 9.57. The van der Waals surface area contributed by atoms with Crippen molar-refractivity contribution in [1.29, 1.82) is 0 Å². The summed E-state index contributed by atoms with van der Waals surface area (Å²) < 4.78 is 13.6.